The van der Waals surface area contributed by atoms with Crippen LogP contribution < -0.4 is 5.32 Å². The Hall–Kier alpha value is -4.30. The van der Waals surface area contributed by atoms with E-state index in [0.29, 0.717) is 0 Å². The quantitative estimate of drug-likeness (QED) is 0.290. The van der Waals surface area contributed by atoms with Gasteiger partial charge in [0.05, 0.1) is 0 Å². The lowest BCUT2D eigenvalue weighted by Crippen LogP contribution is -2.14. The highest BCUT2D eigenvalue weighted by molar-refractivity contribution is 6.06. The molecule has 2 heteroatoms. The van der Waals surface area contributed by atoms with E-state index < -0.39 is 0 Å². The molecule has 0 fully saturated rings. The first-order valence-corrected chi connectivity index (χ1v) is 12.1. The number of nitrogens with one attached hydrogen (secondary N) is 1. The number of hydrogen-bond acceptors (Lipinski definition) is 2. The summed E-state index contributed by atoms with van der Waals surface area (Å²) >= 11 is 0. The smallest absolute Gasteiger partial charge is 0.137 e. The molecule has 168 valence electrons. The largest absolute Gasteiger partial charge is 0.456 e. The van der Waals surface area contributed by atoms with E-state index in [2.05, 4.69) is 116 Å². The van der Waals surface area contributed by atoms with Crippen molar-refractivity contribution < 1.29 is 4.42 Å². The summed E-state index contributed by atoms with van der Waals surface area (Å²) in [5, 5.41) is 5.97. The highest BCUT2D eigenvalue weighted by Gasteiger charge is 2.36. The van der Waals surface area contributed by atoms with Crippen LogP contribution in [0.3, 0.4) is 0 Å². The van der Waals surface area contributed by atoms with Gasteiger partial charge in [0.15, 0.2) is 0 Å². The van der Waals surface area contributed by atoms with E-state index in [9.17, 15) is 0 Å². The molecule has 1 aliphatic carbocycles. The maximum atomic E-state index is 6.13. The maximum absolute atomic E-state index is 6.13. The van der Waals surface area contributed by atoms with Crippen LogP contribution in [-0.4, -0.2) is 0 Å². The normalized spacial score (nSPS) is 13.7. The third-order valence-electron chi connectivity index (χ3n) is 7.48. The van der Waals surface area contributed by atoms with Gasteiger partial charge in [-0.05, 0) is 52.1 Å². The number of hydrogen-bond donors (Lipinski definition) is 1. The fraction of sp³-hybridized carbons (Fsp3) is 0.0909. The zero-order valence-electron chi connectivity index (χ0n) is 19.8. The summed E-state index contributed by atoms with van der Waals surface area (Å²) in [6, 6.07) is 38.7. The van der Waals surface area contributed by atoms with Gasteiger partial charge in [0.1, 0.15) is 11.2 Å². The van der Waals surface area contributed by atoms with Crippen LogP contribution in [0.5, 0.6) is 0 Å². The van der Waals surface area contributed by atoms with Crippen LogP contribution >= 0.6 is 0 Å². The molecule has 0 radical (unpaired) electrons. The van der Waals surface area contributed by atoms with Gasteiger partial charge >= 0.3 is 0 Å². The van der Waals surface area contributed by atoms with Crippen molar-refractivity contribution in [2.75, 3.05) is 5.32 Å². The first kappa shape index (κ1) is 20.1. The molecule has 0 unspecified atom stereocenters. The Bertz CT molecular complexity index is 1750. The average Bonchev–Trinajstić information content (AvgIpc) is 3.37. The zero-order chi connectivity index (χ0) is 23.6. The van der Waals surface area contributed by atoms with Crippen molar-refractivity contribution in [2.45, 2.75) is 19.3 Å². The van der Waals surface area contributed by atoms with Gasteiger partial charge in [-0.25, -0.2) is 0 Å². The predicted octanol–water partition coefficient (Wildman–Crippen LogP) is 9.30. The molecule has 0 spiro atoms. The van der Waals surface area contributed by atoms with E-state index in [1.807, 2.05) is 12.1 Å². The average molecular weight is 452 g/mol. The SMILES string of the molecule is CC1(C)c2ccccc2-c2c(-c3ccccc3Nc3ccc4c(c3)oc3ccccc34)cccc21. The summed E-state index contributed by atoms with van der Waals surface area (Å²) in [4.78, 5) is 0. The second-order valence-corrected chi connectivity index (χ2v) is 9.88. The Morgan fingerprint density at radius 2 is 1.26 bits per heavy atom. The van der Waals surface area contributed by atoms with E-state index in [1.54, 1.807) is 0 Å². The number of rotatable bonds is 3. The van der Waals surface area contributed by atoms with Gasteiger partial charge in [-0.1, -0.05) is 92.7 Å². The van der Waals surface area contributed by atoms with Crippen molar-refractivity contribution in [3.05, 3.63) is 120 Å². The molecule has 1 heterocycles. The van der Waals surface area contributed by atoms with Crippen LogP contribution in [0.25, 0.3) is 44.2 Å². The summed E-state index contributed by atoms with van der Waals surface area (Å²) in [5.74, 6) is 0. The minimum absolute atomic E-state index is 0.0172. The zero-order valence-corrected chi connectivity index (χ0v) is 19.8. The van der Waals surface area contributed by atoms with E-state index in [1.165, 1.54) is 33.4 Å². The Balaban J connectivity index is 1.36. The molecule has 2 nitrogen and oxygen atoms in total. The van der Waals surface area contributed by atoms with Gasteiger partial charge < -0.3 is 9.73 Å². The molecule has 5 aromatic carbocycles. The topological polar surface area (TPSA) is 25.2 Å². The Morgan fingerprint density at radius 3 is 2.17 bits per heavy atom. The number of benzene rings is 5. The van der Waals surface area contributed by atoms with Gasteiger partial charge in [0.2, 0.25) is 0 Å². The molecular weight excluding hydrogens is 426 g/mol. The van der Waals surface area contributed by atoms with Crippen molar-refractivity contribution in [2.24, 2.45) is 0 Å². The van der Waals surface area contributed by atoms with E-state index in [4.69, 9.17) is 4.42 Å². The fourth-order valence-corrected chi connectivity index (χ4v) is 5.77. The maximum Gasteiger partial charge on any atom is 0.137 e. The minimum atomic E-state index is -0.0172. The van der Waals surface area contributed by atoms with Crippen LogP contribution in [0, 0.1) is 0 Å². The highest BCUT2D eigenvalue weighted by Crippen LogP contribution is 2.52. The summed E-state index contributed by atoms with van der Waals surface area (Å²) in [6.45, 7) is 4.66. The second-order valence-electron chi connectivity index (χ2n) is 9.88. The molecule has 0 saturated heterocycles. The Morgan fingerprint density at radius 1 is 0.571 bits per heavy atom. The third kappa shape index (κ3) is 2.96. The number of fused-ring (bicyclic) bond motifs is 6. The van der Waals surface area contributed by atoms with Crippen molar-refractivity contribution in [3.63, 3.8) is 0 Å². The Labute approximate surface area is 204 Å². The fourth-order valence-electron chi connectivity index (χ4n) is 5.77. The summed E-state index contributed by atoms with van der Waals surface area (Å²) in [5.41, 5.74) is 11.8. The van der Waals surface area contributed by atoms with E-state index in [0.717, 1.165) is 33.3 Å². The molecule has 0 bridgehead atoms. The third-order valence-corrected chi connectivity index (χ3v) is 7.48. The summed E-state index contributed by atoms with van der Waals surface area (Å²) in [7, 11) is 0. The van der Waals surface area contributed by atoms with Gasteiger partial charge in [0.25, 0.3) is 0 Å². The summed E-state index contributed by atoms with van der Waals surface area (Å²) < 4.78 is 6.13. The molecular formula is C33H25NO. The van der Waals surface area contributed by atoms with Crippen molar-refractivity contribution >= 4 is 33.3 Å². The van der Waals surface area contributed by atoms with Crippen LogP contribution in [-0.2, 0) is 5.41 Å². The molecule has 1 N–H and O–H groups in total. The summed E-state index contributed by atoms with van der Waals surface area (Å²) in [6.07, 6.45) is 0. The van der Waals surface area contributed by atoms with Crippen molar-refractivity contribution in [1.82, 2.24) is 0 Å². The lowest BCUT2D eigenvalue weighted by atomic mass is 9.82. The molecule has 1 aromatic heterocycles. The standard InChI is InChI=1S/C33H25NO/c1-33(2)27-14-6-3-12-26(27)32-25(13-9-15-28(32)33)22-10-4-7-16-29(22)34-21-18-19-24-23-11-5-8-17-30(23)35-31(24)20-21/h3-20,34H,1-2H3. The first-order valence-electron chi connectivity index (χ1n) is 12.1. The monoisotopic (exact) mass is 451 g/mol. The molecule has 6 aromatic rings. The van der Waals surface area contributed by atoms with Crippen LogP contribution in [0.2, 0.25) is 0 Å². The van der Waals surface area contributed by atoms with Gasteiger partial charge in [-0.3, -0.25) is 0 Å². The van der Waals surface area contributed by atoms with E-state index in [-0.39, 0.29) is 5.41 Å². The van der Waals surface area contributed by atoms with Crippen LogP contribution in [0.15, 0.2) is 114 Å². The lowest BCUT2D eigenvalue weighted by molar-refractivity contribution is 0.660. The molecule has 7 rings (SSSR count). The number of furan rings is 1. The molecule has 35 heavy (non-hydrogen) atoms. The molecule has 0 atom stereocenters. The Kier molecular flexibility index (Phi) is 4.22. The van der Waals surface area contributed by atoms with Crippen LogP contribution in [0.4, 0.5) is 11.4 Å². The highest BCUT2D eigenvalue weighted by atomic mass is 16.3. The van der Waals surface area contributed by atoms with Gasteiger partial charge in [-0.15, -0.1) is 0 Å². The van der Waals surface area contributed by atoms with Crippen molar-refractivity contribution in [1.29, 1.82) is 0 Å². The van der Waals surface area contributed by atoms with E-state index >= 15 is 0 Å². The molecule has 0 aliphatic heterocycles. The van der Waals surface area contributed by atoms with Gasteiger partial charge in [0, 0.05) is 39.2 Å². The lowest BCUT2D eigenvalue weighted by Gasteiger charge is -2.22. The van der Waals surface area contributed by atoms with Crippen LogP contribution in [0.1, 0.15) is 25.0 Å². The molecule has 0 saturated carbocycles. The number of anilines is 2. The number of para-hydroxylation sites is 2. The molecule has 0 amide bonds. The second kappa shape index (κ2) is 7.35. The first-order chi connectivity index (χ1) is 17.1. The van der Waals surface area contributed by atoms with Gasteiger partial charge in [-0.2, -0.15) is 0 Å². The minimum Gasteiger partial charge on any atom is -0.456 e. The van der Waals surface area contributed by atoms with Crippen molar-refractivity contribution in [3.8, 4) is 22.3 Å². The predicted molar refractivity (Wildman–Crippen MR) is 146 cm³/mol. The molecule has 1 aliphatic rings.